The van der Waals surface area contributed by atoms with Gasteiger partial charge in [0.1, 0.15) is 6.29 Å². The summed E-state index contributed by atoms with van der Waals surface area (Å²) in [5.74, 6) is -0.162. The third kappa shape index (κ3) is 25.3. The molecule has 0 aliphatic rings. The van der Waals surface area contributed by atoms with E-state index in [-0.39, 0.29) is 6.42 Å². The average Bonchev–Trinajstić information content (AvgIpc) is 2.62. The Morgan fingerprint density at radius 3 is 1.85 bits per heavy atom. The van der Waals surface area contributed by atoms with E-state index in [4.69, 9.17) is 10.3 Å². The van der Waals surface area contributed by atoms with Gasteiger partial charge in [0.05, 0.1) is 0 Å². The molecular formula is C21H43NO4. The molecular weight excluding hydrogens is 330 g/mol. The van der Waals surface area contributed by atoms with E-state index in [9.17, 15) is 9.59 Å². The number of unbranched alkanes of at least 4 members (excludes halogenated alkanes) is 9. The van der Waals surface area contributed by atoms with Gasteiger partial charge in [-0.3, -0.25) is 4.79 Å². The second-order valence-corrected chi connectivity index (χ2v) is 7.09. The molecule has 156 valence electrons. The van der Waals surface area contributed by atoms with Crippen molar-refractivity contribution in [1.82, 2.24) is 5.48 Å². The summed E-state index contributed by atoms with van der Waals surface area (Å²) in [6.07, 6.45) is 17.8. The summed E-state index contributed by atoms with van der Waals surface area (Å²) in [5, 5.41) is 16.9. The van der Waals surface area contributed by atoms with Crippen LogP contribution >= 0.6 is 0 Å². The minimum absolute atomic E-state index is 0.0960. The van der Waals surface area contributed by atoms with Crippen LogP contribution in [0.2, 0.25) is 0 Å². The maximum Gasteiger partial charge on any atom is 0.303 e. The van der Waals surface area contributed by atoms with E-state index in [1.807, 2.05) is 0 Å². The average molecular weight is 374 g/mol. The zero-order valence-electron chi connectivity index (χ0n) is 17.2. The van der Waals surface area contributed by atoms with Crippen molar-refractivity contribution >= 4 is 12.3 Å². The van der Waals surface area contributed by atoms with Crippen LogP contribution in [0.15, 0.2) is 0 Å². The second-order valence-electron chi connectivity index (χ2n) is 7.09. The molecule has 0 spiro atoms. The summed E-state index contributed by atoms with van der Waals surface area (Å²) in [4.78, 5) is 19.4. The van der Waals surface area contributed by atoms with Crippen LogP contribution < -0.4 is 5.48 Å². The highest BCUT2D eigenvalue weighted by Gasteiger charge is 2.07. The van der Waals surface area contributed by atoms with Gasteiger partial charge in [-0.15, -0.1) is 0 Å². The molecule has 0 aromatic rings. The summed E-state index contributed by atoms with van der Waals surface area (Å²) >= 11 is 0. The molecule has 0 fully saturated rings. The molecule has 26 heavy (non-hydrogen) atoms. The summed E-state index contributed by atoms with van der Waals surface area (Å²) in [5.41, 5.74) is 2.37. The van der Waals surface area contributed by atoms with Crippen molar-refractivity contribution in [2.24, 2.45) is 5.92 Å². The fraction of sp³-hybridized carbons (Fsp3) is 0.905. The van der Waals surface area contributed by atoms with Crippen LogP contribution in [0, 0.1) is 5.92 Å². The fourth-order valence-electron chi connectivity index (χ4n) is 2.89. The molecule has 5 heteroatoms. The molecule has 0 aromatic carbocycles. The first-order chi connectivity index (χ1) is 12.6. The number of carbonyl (C=O) groups is 2. The van der Waals surface area contributed by atoms with Crippen LogP contribution in [0.4, 0.5) is 0 Å². The molecule has 0 bridgehead atoms. The molecule has 0 heterocycles. The van der Waals surface area contributed by atoms with E-state index in [2.05, 4.69) is 19.3 Å². The first-order valence-electron chi connectivity index (χ1n) is 10.6. The van der Waals surface area contributed by atoms with E-state index in [0.717, 1.165) is 12.8 Å². The molecule has 0 aliphatic carbocycles. The lowest BCUT2D eigenvalue weighted by atomic mass is 9.94. The van der Waals surface area contributed by atoms with E-state index < -0.39 is 5.97 Å². The lowest BCUT2D eigenvalue weighted by Crippen LogP contribution is -2.19. The molecule has 3 N–H and O–H groups in total. The Balaban J connectivity index is 0. The monoisotopic (exact) mass is 373 g/mol. The van der Waals surface area contributed by atoms with Gasteiger partial charge in [-0.05, 0) is 25.2 Å². The van der Waals surface area contributed by atoms with Gasteiger partial charge in [0.2, 0.25) is 0 Å². The van der Waals surface area contributed by atoms with Crippen LogP contribution in [0.1, 0.15) is 110 Å². The third-order valence-electron chi connectivity index (χ3n) is 4.52. The zero-order chi connectivity index (χ0) is 19.9. The Hall–Kier alpha value is -0.940. The lowest BCUT2D eigenvalue weighted by molar-refractivity contribution is -0.137. The number of rotatable bonds is 18. The SMILES string of the molecule is CCCCCCCCC(CCCCCC)CNO.O=CCCCC(=O)O. The molecule has 0 radical (unpaired) electrons. The number of hydroxylamine groups is 1. The molecule has 1 atom stereocenters. The maximum atomic E-state index is 9.76. The van der Waals surface area contributed by atoms with Gasteiger partial charge < -0.3 is 15.1 Å². The highest BCUT2D eigenvalue weighted by molar-refractivity contribution is 5.67. The largest absolute Gasteiger partial charge is 0.481 e. The van der Waals surface area contributed by atoms with E-state index in [1.54, 1.807) is 0 Å². The van der Waals surface area contributed by atoms with Crippen molar-refractivity contribution in [2.45, 2.75) is 110 Å². The Morgan fingerprint density at radius 2 is 1.38 bits per heavy atom. The van der Waals surface area contributed by atoms with E-state index in [1.165, 1.54) is 77.0 Å². The van der Waals surface area contributed by atoms with Crippen molar-refractivity contribution < 1.29 is 19.9 Å². The second kappa shape index (κ2) is 24.1. The maximum absolute atomic E-state index is 9.76. The number of hydrogen-bond donors (Lipinski definition) is 3. The smallest absolute Gasteiger partial charge is 0.303 e. The molecule has 5 nitrogen and oxygen atoms in total. The molecule has 1 unspecified atom stereocenters. The van der Waals surface area contributed by atoms with E-state index in [0.29, 0.717) is 18.8 Å². The Bertz CT molecular complexity index is 298. The number of carboxylic acids is 1. The third-order valence-corrected chi connectivity index (χ3v) is 4.52. The van der Waals surface area contributed by atoms with Crippen molar-refractivity contribution in [2.75, 3.05) is 6.54 Å². The molecule has 0 saturated heterocycles. The molecule has 0 aliphatic heterocycles. The van der Waals surface area contributed by atoms with Crippen molar-refractivity contribution in [3.05, 3.63) is 0 Å². The number of hydrogen-bond acceptors (Lipinski definition) is 4. The Morgan fingerprint density at radius 1 is 0.885 bits per heavy atom. The van der Waals surface area contributed by atoms with Crippen LogP contribution in [0.25, 0.3) is 0 Å². The number of aliphatic carboxylic acids is 1. The van der Waals surface area contributed by atoms with Gasteiger partial charge in [-0.25, -0.2) is 5.48 Å². The predicted molar refractivity (Wildman–Crippen MR) is 108 cm³/mol. The number of carbonyl (C=O) groups excluding carboxylic acids is 1. The number of aldehydes is 1. The molecule has 0 amide bonds. The summed E-state index contributed by atoms with van der Waals surface area (Å²) < 4.78 is 0. The summed E-state index contributed by atoms with van der Waals surface area (Å²) in [6.45, 7) is 5.30. The van der Waals surface area contributed by atoms with E-state index >= 15 is 0 Å². The standard InChI is InChI=1S/C16H35NO.C5H8O3/c1-3-5-7-9-10-12-14-16(15-17-18)13-11-8-6-4-2;6-4-2-1-3-5(7)8/h16-18H,3-15H2,1-2H3;4H,1-3H2,(H,7,8). The summed E-state index contributed by atoms with van der Waals surface area (Å²) in [7, 11) is 0. The van der Waals surface area contributed by atoms with Crippen LogP contribution in [-0.4, -0.2) is 29.1 Å². The molecule has 0 aromatic heterocycles. The van der Waals surface area contributed by atoms with Crippen molar-refractivity contribution in [3.8, 4) is 0 Å². The van der Waals surface area contributed by atoms with Crippen LogP contribution in [0.3, 0.4) is 0 Å². The highest BCUT2D eigenvalue weighted by atomic mass is 16.5. The van der Waals surface area contributed by atoms with Gasteiger partial charge in [0.25, 0.3) is 0 Å². The first kappa shape index (κ1) is 27.3. The van der Waals surface area contributed by atoms with Crippen LogP contribution in [-0.2, 0) is 9.59 Å². The minimum atomic E-state index is -0.841. The highest BCUT2D eigenvalue weighted by Crippen LogP contribution is 2.18. The fourth-order valence-corrected chi connectivity index (χ4v) is 2.89. The van der Waals surface area contributed by atoms with Gasteiger partial charge in [-0.1, -0.05) is 78.1 Å². The van der Waals surface area contributed by atoms with Gasteiger partial charge >= 0.3 is 5.97 Å². The van der Waals surface area contributed by atoms with Crippen molar-refractivity contribution in [3.63, 3.8) is 0 Å². The first-order valence-corrected chi connectivity index (χ1v) is 10.6. The van der Waals surface area contributed by atoms with Crippen LogP contribution in [0.5, 0.6) is 0 Å². The zero-order valence-corrected chi connectivity index (χ0v) is 17.2. The van der Waals surface area contributed by atoms with Gasteiger partial charge in [0.15, 0.2) is 0 Å². The number of carboxylic acid groups (broad SMARTS) is 1. The quantitative estimate of drug-likeness (QED) is 0.162. The summed E-state index contributed by atoms with van der Waals surface area (Å²) in [6, 6.07) is 0. The molecule has 0 rings (SSSR count). The van der Waals surface area contributed by atoms with Gasteiger partial charge in [0, 0.05) is 19.4 Å². The minimum Gasteiger partial charge on any atom is -0.481 e. The Labute approximate surface area is 160 Å². The normalized spacial score (nSPS) is 11.5. The molecule has 0 saturated carbocycles. The van der Waals surface area contributed by atoms with Gasteiger partial charge in [-0.2, -0.15) is 0 Å². The number of nitrogens with one attached hydrogen (secondary N) is 1. The lowest BCUT2D eigenvalue weighted by Gasteiger charge is -2.15. The predicted octanol–water partition coefficient (Wildman–Crippen LogP) is 5.74. The topological polar surface area (TPSA) is 86.6 Å². The Kier molecular flexibility index (Phi) is 25.2. The van der Waals surface area contributed by atoms with Crippen molar-refractivity contribution in [1.29, 1.82) is 0 Å².